The molecule has 1 aromatic heterocycles. The molecule has 2 saturated heterocycles. The second-order valence-electron chi connectivity index (χ2n) is 21.3. The Labute approximate surface area is 417 Å². The number of phenolic OH excluding ortho intramolecular Hbond substituents is 1. The van der Waals surface area contributed by atoms with Crippen LogP contribution in [0, 0.1) is 11.3 Å². The molecule has 71 heavy (non-hydrogen) atoms. The topological polar surface area (TPSA) is 186 Å². The maximum atomic E-state index is 14.9. The molecule has 3 aliphatic heterocycles. The predicted octanol–water partition coefficient (Wildman–Crippen LogP) is 5.23. The van der Waals surface area contributed by atoms with Gasteiger partial charge in [-0.1, -0.05) is 58.5 Å². The Morgan fingerprint density at radius 3 is 2.42 bits per heavy atom. The molecule has 7 rings (SSSR count). The zero-order valence-corrected chi connectivity index (χ0v) is 43.0. The number of amides is 4. The molecule has 382 valence electrons. The number of β-amino-alcohol motifs (C(OH)–C–C–N with tert-alkyl or cyclic N) is 1. The minimum Gasteiger partial charge on any atom is -0.508 e. The van der Waals surface area contributed by atoms with E-state index < -0.39 is 58.2 Å². The van der Waals surface area contributed by atoms with Gasteiger partial charge in [-0.25, -0.2) is 5.43 Å². The van der Waals surface area contributed by atoms with Crippen LogP contribution in [-0.2, 0) is 66.0 Å². The molecule has 6 bridgehead atoms. The van der Waals surface area contributed by atoms with Crippen LogP contribution in [0.3, 0.4) is 0 Å². The SMILES string of the molecule is C=CC(=O)N1CCC(O)(C(=O)N(C)[C@H](C(=O)N[C@H]2Cc3cc(O)cc(c3)-c3ccc4c(c3)c(c(-c3ccc(CN(C)C)c(COC)c3)n4CC)CC(C)(C)COC[C@@]3(C=O)CCCN(N3)C2=O)C(C)C)C1. The van der Waals surface area contributed by atoms with Crippen molar-refractivity contribution >= 4 is 40.8 Å². The summed E-state index contributed by atoms with van der Waals surface area (Å²) < 4.78 is 14.6. The summed E-state index contributed by atoms with van der Waals surface area (Å²) in [5.41, 5.74) is 8.29. The number of aromatic nitrogens is 1. The number of carbonyl (C=O) groups excluding carboxylic acids is 5. The van der Waals surface area contributed by atoms with Crippen LogP contribution in [0.5, 0.6) is 5.75 Å². The zero-order chi connectivity index (χ0) is 51.6. The minimum absolute atomic E-state index is 0.0147. The van der Waals surface area contributed by atoms with Gasteiger partial charge in [-0.15, -0.1) is 0 Å². The second-order valence-corrected chi connectivity index (χ2v) is 21.3. The first-order valence-corrected chi connectivity index (χ1v) is 24.7. The number of phenols is 1. The van der Waals surface area contributed by atoms with Gasteiger partial charge < -0.3 is 49.1 Å². The molecule has 4 amide bonds. The number of aryl methyl sites for hydroxylation is 1. The van der Waals surface area contributed by atoms with Crippen LogP contribution >= 0.6 is 0 Å². The summed E-state index contributed by atoms with van der Waals surface area (Å²) in [6.45, 7) is 15.8. The Balaban J connectivity index is 1.32. The molecule has 16 nitrogen and oxygen atoms in total. The molecular formula is C55H73N7O9. The normalized spacial score (nSPS) is 22.1. The number of nitrogens with zero attached hydrogens (tertiary/aromatic N) is 5. The van der Waals surface area contributed by atoms with Crippen molar-refractivity contribution in [2.45, 2.75) is 110 Å². The quantitative estimate of drug-likeness (QED) is 0.102. The number of benzene rings is 3. The van der Waals surface area contributed by atoms with Crippen molar-refractivity contribution in [3.63, 3.8) is 0 Å². The van der Waals surface area contributed by atoms with Crippen molar-refractivity contribution in [2.75, 3.05) is 61.1 Å². The number of hydrogen-bond acceptors (Lipinski definition) is 11. The highest BCUT2D eigenvalue weighted by atomic mass is 16.5. The van der Waals surface area contributed by atoms with Gasteiger partial charge in [0, 0.05) is 64.1 Å². The molecule has 4 N–H and O–H groups in total. The molecule has 2 fully saturated rings. The predicted molar refractivity (Wildman–Crippen MR) is 273 cm³/mol. The zero-order valence-electron chi connectivity index (χ0n) is 43.0. The number of aldehydes is 1. The van der Waals surface area contributed by atoms with Gasteiger partial charge in [-0.2, -0.15) is 0 Å². The second kappa shape index (κ2) is 21.4. The molecule has 16 heteroatoms. The number of carbonyl (C=O) groups is 5. The molecule has 3 aliphatic rings. The molecule has 0 aliphatic carbocycles. The summed E-state index contributed by atoms with van der Waals surface area (Å²) in [4.78, 5) is 73.8. The Kier molecular flexibility index (Phi) is 16.0. The lowest BCUT2D eigenvalue weighted by Gasteiger charge is -2.42. The third-order valence-electron chi connectivity index (χ3n) is 14.2. The van der Waals surface area contributed by atoms with E-state index in [1.807, 2.05) is 12.1 Å². The summed E-state index contributed by atoms with van der Waals surface area (Å²) in [5.74, 6) is -2.82. The van der Waals surface area contributed by atoms with Gasteiger partial charge >= 0.3 is 0 Å². The summed E-state index contributed by atoms with van der Waals surface area (Å²) in [6.07, 6.45) is 3.33. The fourth-order valence-electron chi connectivity index (χ4n) is 10.9. The number of fused-ring (bicyclic) bond motifs is 6. The number of aromatic hydroxyl groups is 1. The van der Waals surface area contributed by atoms with Crippen molar-refractivity contribution in [3.05, 3.63) is 89.5 Å². The first kappa shape index (κ1) is 52.9. The first-order valence-electron chi connectivity index (χ1n) is 24.7. The van der Waals surface area contributed by atoms with E-state index in [0.717, 1.165) is 57.8 Å². The standard InChI is InChI=1S/C55H73N7O9/c1-11-47(65)60-21-19-55(69,31-60)52(68)59(9)48(35(3)4)50(66)56-45-24-36-22-40(26-42(64)23-36)37-16-17-46-43(27-37)44(28-53(5,6)33-71-34-54(32-63)18-13-20-62(57-54)51(45)67)49(61(46)12-2)38-14-15-39(29-58(7)8)41(25-38)30-70-10/h11,14-17,22-23,25-27,32,35,45,48,57,64,69H,1,12-13,18-21,24,28-31,33-34H2,2-10H3,(H,56,66)/t45-,48-,54-,55?/m0/s1. The van der Waals surface area contributed by atoms with E-state index in [1.54, 1.807) is 33.1 Å². The lowest BCUT2D eigenvalue weighted by atomic mass is 9.84. The maximum absolute atomic E-state index is 14.9. The molecule has 0 radical (unpaired) electrons. The average Bonchev–Trinajstić information content (AvgIpc) is 3.88. The number of hydrazine groups is 1. The van der Waals surface area contributed by atoms with Crippen molar-refractivity contribution in [1.29, 1.82) is 0 Å². The Morgan fingerprint density at radius 2 is 1.75 bits per heavy atom. The number of likely N-dealkylation sites (tertiary alicyclic amines) is 1. The van der Waals surface area contributed by atoms with Gasteiger partial charge in [0.25, 0.3) is 11.8 Å². The lowest BCUT2D eigenvalue weighted by Crippen LogP contribution is -2.66. The van der Waals surface area contributed by atoms with Gasteiger partial charge in [0.1, 0.15) is 29.7 Å². The van der Waals surface area contributed by atoms with E-state index >= 15 is 0 Å². The number of methoxy groups -OCH3 is 1. The third kappa shape index (κ3) is 11.3. The molecule has 1 unspecified atom stereocenters. The van der Waals surface area contributed by atoms with E-state index in [9.17, 15) is 34.2 Å². The molecule has 0 spiro atoms. The van der Waals surface area contributed by atoms with E-state index in [0.29, 0.717) is 50.1 Å². The van der Waals surface area contributed by atoms with Crippen molar-refractivity contribution in [2.24, 2.45) is 11.3 Å². The van der Waals surface area contributed by atoms with E-state index in [2.05, 4.69) is 92.0 Å². The van der Waals surface area contributed by atoms with Gasteiger partial charge in [0.05, 0.1) is 32.1 Å². The molecule has 4 heterocycles. The average molecular weight is 976 g/mol. The highest BCUT2D eigenvalue weighted by Gasteiger charge is 2.48. The Hall–Kier alpha value is -5.91. The van der Waals surface area contributed by atoms with Gasteiger partial charge in [0.15, 0.2) is 5.60 Å². The van der Waals surface area contributed by atoms with Crippen LogP contribution < -0.4 is 10.7 Å². The summed E-state index contributed by atoms with van der Waals surface area (Å²) in [6, 6.07) is 15.7. The smallest absolute Gasteiger partial charge is 0.259 e. The minimum atomic E-state index is -1.93. The van der Waals surface area contributed by atoms with Crippen molar-refractivity contribution in [3.8, 4) is 28.1 Å². The number of likely N-dealkylation sites (N-methyl/N-ethyl adjacent to an activating group) is 1. The van der Waals surface area contributed by atoms with Gasteiger partial charge in [-0.05, 0) is 127 Å². The van der Waals surface area contributed by atoms with Crippen LogP contribution in [0.2, 0.25) is 0 Å². The molecule has 3 aromatic carbocycles. The Bertz CT molecular complexity index is 2680. The molecular weight excluding hydrogens is 903 g/mol. The van der Waals surface area contributed by atoms with E-state index in [1.165, 1.54) is 27.4 Å². The Morgan fingerprint density at radius 1 is 1.00 bits per heavy atom. The highest BCUT2D eigenvalue weighted by molar-refractivity contribution is 5.97. The van der Waals surface area contributed by atoms with Crippen LogP contribution in [0.4, 0.5) is 0 Å². The van der Waals surface area contributed by atoms with Crippen molar-refractivity contribution in [1.82, 2.24) is 35.0 Å². The number of hydrogen-bond donors (Lipinski definition) is 4. The highest BCUT2D eigenvalue weighted by Crippen LogP contribution is 2.41. The largest absolute Gasteiger partial charge is 0.508 e. The van der Waals surface area contributed by atoms with E-state index in [4.69, 9.17) is 9.47 Å². The number of nitrogens with one attached hydrogen (secondary N) is 2. The first-order chi connectivity index (χ1) is 33.6. The molecule has 0 saturated carbocycles. The van der Waals surface area contributed by atoms with Crippen molar-refractivity contribution < 1.29 is 43.7 Å². The van der Waals surface area contributed by atoms with Gasteiger partial charge in [0.2, 0.25) is 11.8 Å². The fourth-order valence-corrected chi connectivity index (χ4v) is 10.9. The number of ether oxygens (including phenoxy) is 2. The number of rotatable bonds is 13. The van der Waals surface area contributed by atoms with E-state index in [-0.39, 0.29) is 44.8 Å². The summed E-state index contributed by atoms with van der Waals surface area (Å²) >= 11 is 0. The molecule has 4 aromatic rings. The monoisotopic (exact) mass is 976 g/mol. The van der Waals surface area contributed by atoms with Gasteiger partial charge in [-0.3, -0.25) is 24.2 Å². The molecule has 4 atom stereocenters. The third-order valence-corrected chi connectivity index (χ3v) is 14.2. The van der Waals surface area contributed by atoms with Crippen LogP contribution in [-0.4, -0.2) is 149 Å². The number of aliphatic hydroxyl groups is 1. The lowest BCUT2D eigenvalue weighted by molar-refractivity contribution is -0.156. The maximum Gasteiger partial charge on any atom is 0.259 e. The summed E-state index contributed by atoms with van der Waals surface area (Å²) in [7, 11) is 7.25. The van der Waals surface area contributed by atoms with Crippen LogP contribution in [0.25, 0.3) is 33.3 Å². The van der Waals surface area contributed by atoms with Crippen LogP contribution in [0.15, 0.2) is 67.3 Å². The summed E-state index contributed by atoms with van der Waals surface area (Å²) in [5, 5.41) is 28.3. The fraction of sp³-hybridized carbons (Fsp3) is 0.509. The van der Waals surface area contributed by atoms with Crippen LogP contribution in [0.1, 0.15) is 76.1 Å².